The third kappa shape index (κ3) is 2.11. The first-order valence-corrected chi connectivity index (χ1v) is 7.21. The van der Waals surface area contributed by atoms with E-state index >= 15 is 0 Å². The smallest absolute Gasteiger partial charge is 0.352 e. The molecule has 6 nitrogen and oxygen atoms in total. The average Bonchev–Trinajstić information content (AvgIpc) is 2.45. The molecule has 0 saturated carbocycles. The van der Waals surface area contributed by atoms with Gasteiger partial charge in [-0.05, 0) is 17.5 Å². The molecule has 1 aliphatic rings. The SMILES string of the molecule is CC1(C)OC(=O)C(=c2[nH]c3cccc4cccc([nH]2)c43)C(=O)O1. The van der Waals surface area contributed by atoms with E-state index in [1.54, 1.807) is 0 Å². The Labute approximate surface area is 130 Å². The molecule has 0 radical (unpaired) electrons. The van der Waals surface area contributed by atoms with Crippen molar-refractivity contribution in [3.63, 3.8) is 0 Å². The molecule has 2 heterocycles. The van der Waals surface area contributed by atoms with E-state index in [1.165, 1.54) is 13.8 Å². The highest BCUT2D eigenvalue weighted by atomic mass is 16.7. The first kappa shape index (κ1) is 13.6. The van der Waals surface area contributed by atoms with E-state index in [9.17, 15) is 9.59 Å². The summed E-state index contributed by atoms with van der Waals surface area (Å²) in [5.74, 6) is -2.69. The number of ether oxygens (including phenoxy) is 2. The lowest BCUT2D eigenvalue weighted by molar-refractivity contribution is -0.217. The minimum absolute atomic E-state index is 0.171. The normalized spacial score (nSPS) is 17.4. The quantitative estimate of drug-likeness (QED) is 0.621. The van der Waals surface area contributed by atoms with Gasteiger partial charge in [0.25, 0.3) is 5.79 Å². The second-order valence-electron chi connectivity index (χ2n) is 5.89. The summed E-state index contributed by atoms with van der Waals surface area (Å²) in [6.07, 6.45) is 0. The van der Waals surface area contributed by atoms with Gasteiger partial charge < -0.3 is 19.4 Å². The van der Waals surface area contributed by atoms with Crippen LogP contribution in [-0.4, -0.2) is 27.7 Å². The maximum absolute atomic E-state index is 12.2. The molecule has 23 heavy (non-hydrogen) atoms. The Morgan fingerprint density at radius 2 is 1.39 bits per heavy atom. The summed E-state index contributed by atoms with van der Waals surface area (Å²) in [6, 6.07) is 11.6. The Kier molecular flexibility index (Phi) is 2.66. The molecular weight excluding hydrogens is 296 g/mol. The summed E-state index contributed by atoms with van der Waals surface area (Å²) < 4.78 is 10.3. The van der Waals surface area contributed by atoms with E-state index < -0.39 is 17.7 Å². The molecule has 0 amide bonds. The lowest BCUT2D eigenvalue weighted by Gasteiger charge is -2.29. The average molecular weight is 310 g/mol. The molecule has 6 heteroatoms. The highest BCUT2D eigenvalue weighted by Crippen LogP contribution is 2.24. The molecule has 3 aromatic rings. The predicted octanol–water partition coefficient (Wildman–Crippen LogP) is 1.92. The molecule has 4 rings (SSSR count). The van der Waals surface area contributed by atoms with Crippen LogP contribution in [-0.2, 0) is 19.1 Å². The molecule has 0 bridgehead atoms. The van der Waals surface area contributed by atoms with Gasteiger partial charge in [-0.2, -0.15) is 0 Å². The summed E-state index contributed by atoms with van der Waals surface area (Å²) in [5.41, 5.74) is 1.71. The molecule has 116 valence electrons. The summed E-state index contributed by atoms with van der Waals surface area (Å²) >= 11 is 0. The van der Waals surface area contributed by atoms with Crippen LogP contribution >= 0.6 is 0 Å². The number of H-pyrrole nitrogens is 2. The zero-order valence-corrected chi connectivity index (χ0v) is 12.6. The first-order valence-electron chi connectivity index (χ1n) is 7.21. The van der Waals surface area contributed by atoms with E-state index in [1.807, 2.05) is 36.4 Å². The summed E-state index contributed by atoms with van der Waals surface area (Å²) in [4.78, 5) is 30.6. The van der Waals surface area contributed by atoms with Gasteiger partial charge in [0.2, 0.25) is 0 Å². The number of esters is 2. The van der Waals surface area contributed by atoms with Crippen LogP contribution in [0.5, 0.6) is 0 Å². The van der Waals surface area contributed by atoms with Gasteiger partial charge in [0.05, 0.1) is 0 Å². The number of aromatic amines is 2. The minimum Gasteiger partial charge on any atom is -0.419 e. The Hall–Kier alpha value is -3.02. The maximum Gasteiger partial charge on any atom is 0.352 e. The van der Waals surface area contributed by atoms with E-state index in [0.29, 0.717) is 0 Å². The Balaban J connectivity index is 2.06. The number of aromatic nitrogens is 2. The van der Waals surface area contributed by atoms with Crippen LogP contribution in [0, 0.1) is 0 Å². The van der Waals surface area contributed by atoms with Gasteiger partial charge in [-0.1, -0.05) is 24.3 Å². The summed E-state index contributed by atoms with van der Waals surface area (Å²) in [6.45, 7) is 3.03. The van der Waals surface area contributed by atoms with Crippen LogP contribution in [0.1, 0.15) is 13.8 Å². The minimum atomic E-state index is -1.26. The van der Waals surface area contributed by atoms with Crippen molar-refractivity contribution >= 4 is 39.3 Å². The number of benzene rings is 2. The second-order valence-corrected chi connectivity index (χ2v) is 5.89. The van der Waals surface area contributed by atoms with Gasteiger partial charge in [-0.25, -0.2) is 9.59 Å². The lowest BCUT2D eigenvalue weighted by Crippen LogP contribution is -2.44. The van der Waals surface area contributed by atoms with Crippen molar-refractivity contribution in [3.8, 4) is 0 Å². The fraction of sp³-hybridized carbons (Fsp3) is 0.176. The number of cyclic esters (lactones) is 2. The predicted molar refractivity (Wildman–Crippen MR) is 83.9 cm³/mol. The van der Waals surface area contributed by atoms with E-state index in [2.05, 4.69) is 9.97 Å². The third-order valence-electron chi connectivity index (χ3n) is 3.76. The van der Waals surface area contributed by atoms with Crippen LogP contribution in [0.15, 0.2) is 36.4 Å². The highest BCUT2D eigenvalue weighted by molar-refractivity contribution is 6.37. The lowest BCUT2D eigenvalue weighted by atomic mass is 10.1. The Morgan fingerprint density at radius 1 is 0.870 bits per heavy atom. The number of nitrogens with one attached hydrogen (secondary N) is 2. The van der Waals surface area contributed by atoms with E-state index in [0.717, 1.165) is 21.8 Å². The van der Waals surface area contributed by atoms with Crippen molar-refractivity contribution in [1.82, 2.24) is 9.97 Å². The summed E-state index contributed by atoms with van der Waals surface area (Å²) in [5, 5.41) is 2.05. The topological polar surface area (TPSA) is 84.2 Å². The van der Waals surface area contributed by atoms with Crippen molar-refractivity contribution in [1.29, 1.82) is 0 Å². The Bertz CT molecular complexity index is 966. The van der Waals surface area contributed by atoms with Crippen molar-refractivity contribution in [3.05, 3.63) is 41.9 Å². The highest BCUT2D eigenvalue weighted by Gasteiger charge is 2.40. The van der Waals surface area contributed by atoms with E-state index in [-0.39, 0.29) is 11.1 Å². The molecule has 2 aromatic carbocycles. The van der Waals surface area contributed by atoms with Crippen LogP contribution < -0.4 is 5.48 Å². The standard InChI is InChI=1S/C17H14N2O4/c1-17(2)22-15(20)13(16(21)23-17)14-18-10-7-3-5-9-6-4-8-11(19-14)12(9)10/h3-8,18-19H,1-2H3. The number of hydrogen-bond acceptors (Lipinski definition) is 4. The maximum atomic E-state index is 12.2. The van der Waals surface area contributed by atoms with Crippen LogP contribution in [0.2, 0.25) is 0 Å². The number of carbonyl (C=O) groups excluding carboxylic acids is 2. The molecule has 2 N–H and O–H groups in total. The van der Waals surface area contributed by atoms with Crippen LogP contribution in [0.25, 0.3) is 27.4 Å². The van der Waals surface area contributed by atoms with Crippen molar-refractivity contribution in [2.24, 2.45) is 0 Å². The monoisotopic (exact) mass is 310 g/mol. The van der Waals surface area contributed by atoms with Crippen LogP contribution in [0.4, 0.5) is 0 Å². The molecule has 0 atom stereocenters. The molecule has 0 spiro atoms. The summed E-state index contributed by atoms with van der Waals surface area (Å²) in [7, 11) is 0. The molecule has 0 aliphatic carbocycles. The molecule has 0 unspecified atom stereocenters. The van der Waals surface area contributed by atoms with Crippen molar-refractivity contribution in [2.75, 3.05) is 0 Å². The number of carbonyl (C=O) groups is 2. The molecule has 1 saturated heterocycles. The number of rotatable bonds is 0. The fourth-order valence-electron chi connectivity index (χ4n) is 2.83. The molecule has 1 aliphatic heterocycles. The molecule has 1 fully saturated rings. The van der Waals surface area contributed by atoms with Gasteiger partial charge in [0.1, 0.15) is 5.48 Å². The first-order chi connectivity index (χ1) is 10.9. The van der Waals surface area contributed by atoms with Gasteiger partial charge >= 0.3 is 11.9 Å². The molecule has 1 aromatic heterocycles. The Morgan fingerprint density at radius 3 is 1.91 bits per heavy atom. The van der Waals surface area contributed by atoms with Gasteiger partial charge in [0.15, 0.2) is 5.57 Å². The molecular formula is C17H14N2O4. The van der Waals surface area contributed by atoms with Gasteiger partial charge in [-0.15, -0.1) is 0 Å². The van der Waals surface area contributed by atoms with Crippen molar-refractivity contribution < 1.29 is 19.1 Å². The largest absolute Gasteiger partial charge is 0.419 e. The fourth-order valence-corrected chi connectivity index (χ4v) is 2.83. The van der Waals surface area contributed by atoms with Gasteiger partial charge in [-0.3, -0.25) is 0 Å². The van der Waals surface area contributed by atoms with Crippen LogP contribution in [0.3, 0.4) is 0 Å². The van der Waals surface area contributed by atoms with Gasteiger partial charge in [0, 0.05) is 30.3 Å². The zero-order valence-electron chi connectivity index (χ0n) is 12.6. The van der Waals surface area contributed by atoms with Crippen molar-refractivity contribution in [2.45, 2.75) is 19.6 Å². The zero-order chi connectivity index (χ0) is 16.2. The third-order valence-corrected chi connectivity index (χ3v) is 3.76. The second kappa shape index (κ2) is 4.49. The van der Waals surface area contributed by atoms with E-state index in [4.69, 9.17) is 9.47 Å². The number of hydrogen-bond donors (Lipinski definition) is 2.